The predicted octanol–water partition coefficient (Wildman–Crippen LogP) is 3.14. The van der Waals surface area contributed by atoms with Gasteiger partial charge in [-0.05, 0) is 37.6 Å². The average Bonchev–Trinajstić information content (AvgIpc) is 3.04. The quantitative estimate of drug-likeness (QED) is 0.667. The molecule has 0 aliphatic heterocycles. The number of benzene rings is 1. The maximum atomic E-state index is 12.5. The lowest BCUT2D eigenvalue weighted by Gasteiger charge is -2.19. The van der Waals surface area contributed by atoms with Crippen LogP contribution in [0, 0.1) is 6.92 Å². The zero-order valence-electron chi connectivity index (χ0n) is 16.0. The van der Waals surface area contributed by atoms with Crippen LogP contribution in [0.15, 0.2) is 24.3 Å². The average molecular weight is 377 g/mol. The molecule has 0 atom stereocenters. The van der Waals surface area contributed by atoms with Gasteiger partial charge < -0.3 is 20.3 Å². The highest BCUT2D eigenvalue weighted by atomic mass is 32.1. The van der Waals surface area contributed by atoms with Crippen LogP contribution in [0.4, 0.5) is 5.00 Å². The molecule has 0 unspecified atom stereocenters. The van der Waals surface area contributed by atoms with E-state index in [0.717, 1.165) is 41.6 Å². The third kappa shape index (κ3) is 5.19. The number of carbonyl (C=O) groups excluding carboxylic acids is 1. The second-order valence-electron chi connectivity index (χ2n) is 5.89. The molecule has 1 aromatic heterocycles. The van der Waals surface area contributed by atoms with Crippen molar-refractivity contribution in [3.05, 3.63) is 41.1 Å². The van der Waals surface area contributed by atoms with Crippen LogP contribution in [0.1, 0.15) is 35.5 Å². The fourth-order valence-electron chi connectivity index (χ4n) is 2.69. The van der Waals surface area contributed by atoms with E-state index in [1.807, 2.05) is 31.2 Å². The Morgan fingerprint density at radius 2 is 2.00 bits per heavy atom. The summed E-state index contributed by atoms with van der Waals surface area (Å²) < 4.78 is 10.2. The lowest BCUT2D eigenvalue weighted by Crippen LogP contribution is -2.28. The van der Waals surface area contributed by atoms with Gasteiger partial charge in [0, 0.05) is 25.7 Å². The maximum Gasteiger partial charge on any atom is 0.256 e. The number of ether oxygens (including phenoxy) is 1. The topological polar surface area (TPSA) is 66.5 Å². The minimum absolute atomic E-state index is 0.126. The van der Waals surface area contributed by atoms with Gasteiger partial charge in [-0.25, -0.2) is 0 Å². The number of anilines is 1. The maximum absolute atomic E-state index is 12.5. The van der Waals surface area contributed by atoms with Gasteiger partial charge in [-0.1, -0.05) is 32.0 Å². The van der Waals surface area contributed by atoms with Crippen molar-refractivity contribution in [2.75, 3.05) is 38.6 Å². The van der Waals surface area contributed by atoms with E-state index >= 15 is 0 Å². The summed E-state index contributed by atoms with van der Waals surface area (Å²) in [5.41, 5.74) is 2.31. The molecule has 0 radical (unpaired) electrons. The molecule has 0 aliphatic rings. The van der Waals surface area contributed by atoms with Gasteiger partial charge in [-0.3, -0.25) is 4.79 Å². The molecule has 0 saturated carbocycles. The van der Waals surface area contributed by atoms with Crippen LogP contribution < -0.4 is 15.4 Å². The van der Waals surface area contributed by atoms with Gasteiger partial charge in [0.2, 0.25) is 0 Å². The summed E-state index contributed by atoms with van der Waals surface area (Å²) in [4.78, 5) is 14.9. The Balaban J connectivity index is 1.97. The van der Waals surface area contributed by atoms with Crippen LogP contribution >= 0.6 is 11.5 Å². The molecule has 1 heterocycles. The van der Waals surface area contributed by atoms with Crippen molar-refractivity contribution in [3.63, 3.8) is 0 Å². The Morgan fingerprint density at radius 1 is 1.27 bits per heavy atom. The van der Waals surface area contributed by atoms with Gasteiger partial charge in [0.25, 0.3) is 5.91 Å². The summed E-state index contributed by atoms with van der Waals surface area (Å²) in [5.74, 6) is 0.688. The highest BCUT2D eigenvalue weighted by Gasteiger charge is 2.17. The molecule has 142 valence electrons. The Bertz CT molecular complexity index is 713. The fourth-order valence-corrected chi connectivity index (χ4v) is 3.43. The molecule has 1 amide bonds. The summed E-state index contributed by atoms with van der Waals surface area (Å²) in [5, 5.41) is 6.78. The molecular weight excluding hydrogens is 348 g/mol. The van der Waals surface area contributed by atoms with Crippen LogP contribution in [0.2, 0.25) is 0 Å². The van der Waals surface area contributed by atoms with Crippen molar-refractivity contribution in [2.24, 2.45) is 0 Å². The minimum Gasteiger partial charge on any atom is -0.492 e. The largest absolute Gasteiger partial charge is 0.492 e. The van der Waals surface area contributed by atoms with E-state index in [1.165, 1.54) is 11.5 Å². The summed E-state index contributed by atoms with van der Waals surface area (Å²) in [6, 6.07) is 7.82. The van der Waals surface area contributed by atoms with Crippen LogP contribution in [-0.4, -0.2) is 48.5 Å². The predicted molar refractivity (Wildman–Crippen MR) is 107 cm³/mol. The molecule has 6 nitrogen and oxygen atoms in total. The summed E-state index contributed by atoms with van der Waals surface area (Å²) in [6.45, 7) is 10.1. The Kier molecular flexibility index (Phi) is 7.87. The smallest absolute Gasteiger partial charge is 0.256 e. The Hall–Kier alpha value is -2.12. The van der Waals surface area contributed by atoms with Gasteiger partial charge >= 0.3 is 0 Å². The third-order valence-electron chi connectivity index (χ3n) is 4.29. The first-order valence-corrected chi connectivity index (χ1v) is 9.73. The van der Waals surface area contributed by atoms with E-state index in [2.05, 4.69) is 33.8 Å². The number of hydrogen-bond donors (Lipinski definition) is 2. The minimum atomic E-state index is -0.126. The van der Waals surface area contributed by atoms with E-state index < -0.39 is 0 Å². The Labute approximate surface area is 159 Å². The first-order chi connectivity index (χ1) is 12.6. The van der Waals surface area contributed by atoms with E-state index in [-0.39, 0.29) is 5.91 Å². The number of rotatable bonds is 10. The normalized spacial score (nSPS) is 10.8. The van der Waals surface area contributed by atoms with Crippen molar-refractivity contribution in [2.45, 2.75) is 27.3 Å². The number of hydrogen-bond acceptors (Lipinski definition) is 6. The standard InChI is InChI=1S/C19H28N4O2S/c1-5-23(6-2)11-12-25-16-10-8-7-9-15(16)13-21-18(24)17-14(3)22-26-19(17)20-4/h7-10,20H,5-6,11-13H2,1-4H3,(H,21,24). The monoisotopic (exact) mass is 376 g/mol. The molecule has 2 rings (SSSR count). The number of nitrogens with zero attached hydrogens (tertiary/aromatic N) is 2. The summed E-state index contributed by atoms with van der Waals surface area (Å²) in [6.07, 6.45) is 0. The highest BCUT2D eigenvalue weighted by molar-refractivity contribution is 7.10. The molecule has 2 aromatic rings. The van der Waals surface area contributed by atoms with E-state index in [9.17, 15) is 4.79 Å². The van der Waals surface area contributed by atoms with Crippen molar-refractivity contribution in [1.82, 2.24) is 14.6 Å². The second-order valence-corrected chi connectivity index (χ2v) is 6.66. The van der Waals surface area contributed by atoms with Crippen LogP contribution in [0.3, 0.4) is 0 Å². The molecule has 0 fully saturated rings. The van der Waals surface area contributed by atoms with Crippen molar-refractivity contribution < 1.29 is 9.53 Å². The van der Waals surface area contributed by atoms with E-state index in [1.54, 1.807) is 7.05 Å². The van der Waals surface area contributed by atoms with Gasteiger partial charge in [0.1, 0.15) is 17.4 Å². The van der Waals surface area contributed by atoms with Crippen molar-refractivity contribution in [1.29, 1.82) is 0 Å². The molecule has 0 spiro atoms. The zero-order chi connectivity index (χ0) is 18.9. The number of carbonyl (C=O) groups is 1. The lowest BCUT2D eigenvalue weighted by molar-refractivity contribution is 0.0951. The van der Waals surface area contributed by atoms with Crippen molar-refractivity contribution in [3.8, 4) is 5.75 Å². The summed E-state index contributed by atoms with van der Waals surface area (Å²) >= 11 is 1.30. The first kappa shape index (κ1) is 20.2. The Morgan fingerprint density at radius 3 is 2.69 bits per heavy atom. The van der Waals surface area contributed by atoms with Gasteiger partial charge in [-0.2, -0.15) is 4.37 Å². The molecule has 26 heavy (non-hydrogen) atoms. The third-order valence-corrected chi connectivity index (χ3v) is 5.24. The number of likely N-dealkylation sites (N-methyl/N-ethyl adjacent to an activating group) is 1. The number of aryl methyl sites for hydroxylation is 1. The van der Waals surface area contributed by atoms with Crippen molar-refractivity contribution >= 4 is 22.4 Å². The van der Waals surface area contributed by atoms with Crippen LogP contribution in [0.25, 0.3) is 0 Å². The van der Waals surface area contributed by atoms with E-state index in [4.69, 9.17) is 4.74 Å². The van der Waals surface area contributed by atoms with Gasteiger partial charge in [0.05, 0.1) is 11.3 Å². The zero-order valence-corrected chi connectivity index (χ0v) is 16.8. The number of nitrogens with one attached hydrogen (secondary N) is 2. The molecule has 0 saturated heterocycles. The molecular formula is C19H28N4O2S. The number of aromatic nitrogens is 1. The fraction of sp³-hybridized carbons (Fsp3) is 0.474. The highest BCUT2D eigenvalue weighted by Crippen LogP contribution is 2.24. The van der Waals surface area contributed by atoms with Crippen LogP contribution in [0.5, 0.6) is 5.75 Å². The van der Waals surface area contributed by atoms with Gasteiger partial charge in [-0.15, -0.1) is 0 Å². The number of amides is 1. The second kappa shape index (κ2) is 10.1. The molecule has 1 aromatic carbocycles. The lowest BCUT2D eigenvalue weighted by atomic mass is 10.2. The van der Waals surface area contributed by atoms with E-state index in [0.29, 0.717) is 18.7 Å². The SMILES string of the molecule is CCN(CC)CCOc1ccccc1CNC(=O)c1c(C)nsc1NC. The number of para-hydroxylation sites is 1. The van der Waals surface area contributed by atoms with Gasteiger partial charge in [0.15, 0.2) is 0 Å². The molecule has 2 N–H and O–H groups in total. The molecule has 7 heteroatoms. The first-order valence-electron chi connectivity index (χ1n) is 8.95. The van der Waals surface area contributed by atoms with Crippen LogP contribution in [-0.2, 0) is 6.54 Å². The molecule has 0 aliphatic carbocycles. The summed E-state index contributed by atoms with van der Waals surface area (Å²) in [7, 11) is 1.79. The molecule has 0 bridgehead atoms.